The maximum Gasteiger partial charge on any atom is 0.337 e. The summed E-state index contributed by atoms with van der Waals surface area (Å²) in [5.74, 6) is 0.497. The molecule has 1 N–H and O–H groups in total. The van der Waals surface area contributed by atoms with Crippen LogP contribution in [0.3, 0.4) is 0 Å². The van der Waals surface area contributed by atoms with E-state index < -0.39 is 5.97 Å². The molecular formula is C10H9N3O2. The maximum atomic E-state index is 10.6. The normalized spacial score (nSPS) is 10.2. The summed E-state index contributed by atoms with van der Waals surface area (Å²) in [6, 6.07) is 3.17. The van der Waals surface area contributed by atoms with Crippen LogP contribution in [0.25, 0.3) is 5.82 Å². The van der Waals surface area contributed by atoms with Gasteiger partial charge in [0, 0.05) is 18.6 Å². The minimum atomic E-state index is -0.976. The molecule has 0 spiro atoms. The molecule has 2 aromatic rings. The second-order valence-corrected chi connectivity index (χ2v) is 3.05. The van der Waals surface area contributed by atoms with Crippen LogP contribution in [0, 0.1) is 6.92 Å². The minimum Gasteiger partial charge on any atom is -0.478 e. The standard InChI is InChI=1S/C10H9N3O2/c1-7-11-4-5-13(7)9-3-2-8(6-12-9)10(14)15/h2-6H,1H3,(H,14,15). The third-order valence-corrected chi connectivity index (χ3v) is 2.07. The van der Waals surface area contributed by atoms with Crippen molar-refractivity contribution in [1.29, 1.82) is 0 Å². The number of aryl methyl sites for hydroxylation is 1. The summed E-state index contributed by atoms with van der Waals surface area (Å²) in [4.78, 5) is 18.7. The van der Waals surface area contributed by atoms with Crippen LogP contribution in [-0.4, -0.2) is 25.6 Å². The summed E-state index contributed by atoms with van der Waals surface area (Å²) in [6.45, 7) is 1.85. The van der Waals surface area contributed by atoms with E-state index >= 15 is 0 Å². The number of imidazole rings is 1. The molecule has 0 aromatic carbocycles. The van der Waals surface area contributed by atoms with E-state index in [0.29, 0.717) is 5.82 Å². The Kier molecular flexibility index (Phi) is 2.21. The number of pyridine rings is 1. The lowest BCUT2D eigenvalue weighted by atomic mass is 10.3. The second kappa shape index (κ2) is 3.53. The highest BCUT2D eigenvalue weighted by atomic mass is 16.4. The molecule has 0 amide bonds. The number of hydrogen-bond donors (Lipinski definition) is 1. The van der Waals surface area contributed by atoms with Crippen molar-refractivity contribution in [3.8, 4) is 5.82 Å². The van der Waals surface area contributed by atoms with Crippen molar-refractivity contribution in [1.82, 2.24) is 14.5 Å². The summed E-state index contributed by atoms with van der Waals surface area (Å²) in [6.07, 6.45) is 4.78. The molecule has 0 atom stereocenters. The fourth-order valence-electron chi connectivity index (χ4n) is 1.28. The highest BCUT2D eigenvalue weighted by Crippen LogP contribution is 2.07. The highest BCUT2D eigenvalue weighted by Gasteiger charge is 2.05. The number of carbonyl (C=O) groups is 1. The van der Waals surface area contributed by atoms with Gasteiger partial charge in [-0.3, -0.25) is 4.57 Å². The molecule has 15 heavy (non-hydrogen) atoms. The van der Waals surface area contributed by atoms with Crippen LogP contribution >= 0.6 is 0 Å². The van der Waals surface area contributed by atoms with Crippen LogP contribution in [0.2, 0.25) is 0 Å². The summed E-state index contributed by atoms with van der Waals surface area (Å²) >= 11 is 0. The first-order chi connectivity index (χ1) is 7.18. The molecule has 0 bridgehead atoms. The van der Waals surface area contributed by atoms with Gasteiger partial charge in [-0.15, -0.1) is 0 Å². The zero-order chi connectivity index (χ0) is 10.8. The number of hydrogen-bond acceptors (Lipinski definition) is 3. The van der Waals surface area contributed by atoms with Crippen molar-refractivity contribution >= 4 is 5.97 Å². The van der Waals surface area contributed by atoms with Gasteiger partial charge < -0.3 is 5.11 Å². The summed E-state index contributed by atoms with van der Waals surface area (Å²) in [7, 11) is 0. The average Bonchev–Trinajstić information content (AvgIpc) is 2.65. The van der Waals surface area contributed by atoms with Crippen LogP contribution in [0.15, 0.2) is 30.7 Å². The Hall–Kier alpha value is -2.17. The van der Waals surface area contributed by atoms with Gasteiger partial charge in [0.25, 0.3) is 0 Å². The van der Waals surface area contributed by atoms with E-state index in [1.54, 1.807) is 23.0 Å². The topological polar surface area (TPSA) is 68.0 Å². The number of aromatic nitrogens is 3. The van der Waals surface area contributed by atoms with Gasteiger partial charge in [0.15, 0.2) is 0 Å². The van der Waals surface area contributed by atoms with Gasteiger partial charge in [-0.05, 0) is 19.1 Å². The predicted molar refractivity (Wildman–Crippen MR) is 53.1 cm³/mol. The second-order valence-electron chi connectivity index (χ2n) is 3.05. The Balaban J connectivity index is 2.40. The molecule has 5 heteroatoms. The molecule has 0 fully saturated rings. The lowest BCUT2D eigenvalue weighted by Crippen LogP contribution is -2.02. The number of nitrogens with zero attached hydrogens (tertiary/aromatic N) is 3. The lowest BCUT2D eigenvalue weighted by Gasteiger charge is -2.03. The number of carboxylic acid groups (broad SMARTS) is 1. The molecule has 2 rings (SSSR count). The van der Waals surface area contributed by atoms with Crippen molar-refractivity contribution < 1.29 is 9.90 Å². The number of carboxylic acids is 1. The smallest absolute Gasteiger partial charge is 0.337 e. The van der Waals surface area contributed by atoms with Gasteiger partial charge >= 0.3 is 5.97 Å². The monoisotopic (exact) mass is 203 g/mol. The van der Waals surface area contributed by atoms with Crippen molar-refractivity contribution in [2.75, 3.05) is 0 Å². The highest BCUT2D eigenvalue weighted by molar-refractivity contribution is 5.87. The third kappa shape index (κ3) is 1.71. The van der Waals surface area contributed by atoms with E-state index in [4.69, 9.17) is 5.11 Å². The zero-order valence-corrected chi connectivity index (χ0v) is 8.08. The Morgan fingerprint density at radius 2 is 2.20 bits per heavy atom. The van der Waals surface area contributed by atoms with E-state index in [2.05, 4.69) is 9.97 Å². The van der Waals surface area contributed by atoms with Crippen molar-refractivity contribution in [2.24, 2.45) is 0 Å². The Morgan fingerprint density at radius 3 is 2.67 bits per heavy atom. The van der Waals surface area contributed by atoms with E-state index in [1.165, 1.54) is 12.3 Å². The summed E-state index contributed by atoms with van der Waals surface area (Å²) in [5, 5.41) is 8.70. The van der Waals surface area contributed by atoms with Gasteiger partial charge in [0.2, 0.25) is 0 Å². The first-order valence-electron chi connectivity index (χ1n) is 4.38. The minimum absolute atomic E-state index is 0.177. The van der Waals surface area contributed by atoms with Crippen molar-refractivity contribution in [2.45, 2.75) is 6.92 Å². The molecule has 0 radical (unpaired) electrons. The van der Waals surface area contributed by atoms with Crippen molar-refractivity contribution in [3.63, 3.8) is 0 Å². The average molecular weight is 203 g/mol. The van der Waals surface area contributed by atoms with Crippen LogP contribution < -0.4 is 0 Å². The maximum absolute atomic E-state index is 10.6. The lowest BCUT2D eigenvalue weighted by molar-refractivity contribution is 0.0696. The SMILES string of the molecule is Cc1nccn1-c1ccc(C(=O)O)cn1. The van der Waals surface area contributed by atoms with E-state index in [9.17, 15) is 4.79 Å². The molecule has 76 valence electrons. The zero-order valence-electron chi connectivity index (χ0n) is 8.08. The molecule has 0 aliphatic carbocycles. The van der Waals surface area contributed by atoms with Gasteiger partial charge in [0.1, 0.15) is 11.6 Å². The molecule has 0 aliphatic rings. The van der Waals surface area contributed by atoms with E-state index in [-0.39, 0.29) is 5.56 Å². The fraction of sp³-hybridized carbons (Fsp3) is 0.100. The largest absolute Gasteiger partial charge is 0.478 e. The van der Waals surface area contributed by atoms with Crippen molar-refractivity contribution in [3.05, 3.63) is 42.1 Å². The number of aromatic carboxylic acids is 1. The molecule has 0 saturated carbocycles. The summed E-state index contributed by atoms with van der Waals surface area (Å²) in [5.41, 5.74) is 0.177. The van der Waals surface area contributed by atoms with Crippen LogP contribution in [0.5, 0.6) is 0 Å². The quantitative estimate of drug-likeness (QED) is 0.798. The molecular weight excluding hydrogens is 194 g/mol. The molecule has 2 aromatic heterocycles. The third-order valence-electron chi connectivity index (χ3n) is 2.07. The number of rotatable bonds is 2. The molecule has 0 unspecified atom stereocenters. The Morgan fingerprint density at radius 1 is 1.40 bits per heavy atom. The summed E-state index contributed by atoms with van der Waals surface area (Å²) < 4.78 is 1.78. The van der Waals surface area contributed by atoms with Crippen LogP contribution in [0.4, 0.5) is 0 Å². The Bertz CT molecular complexity index is 488. The molecule has 0 saturated heterocycles. The first kappa shape index (κ1) is 9.39. The van der Waals surface area contributed by atoms with E-state index in [0.717, 1.165) is 5.82 Å². The van der Waals surface area contributed by atoms with Gasteiger partial charge in [-0.2, -0.15) is 0 Å². The van der Waals surface area contributed by atoms with Crippen LogP contribution in [-0.2, 0) is 0 Å². The molecule has 5 nitrogen and oxygen atoms in total. The fourth-order valence-corrected chi connectivity index (χ4v) is 1.28. The predicted octanol–water partition coefficient (Wildman–Crippen LogP) is 1.27. The van der Waals surface area contributed by atoms with Crippen LogP contribution in [0.1, 0.15) is 16.2 Å². The molecule has 2 heterocycles. The Labute approximate surface area is 86.0 Å². The first-order valence-corrected chi connectivity index (χ1v) is 4.38. The van der Waals surface area contributed by atoms with Gasteiger partial charge in [-0.1, -0.05) is 0 Å². The van der Waals surface area contributed by atoms with E-state index in [1.807, 2.05) is 6.92 Å². The van der Waals surface area contributed by atoms with Gasteiger partial charge in [0.05, 0.1) is 5.56 Å². The van der Waals surface area contributed by atoms with Gasteiger partial charge in [-0.25, -0.2) is 14.8 Å². The molecule has 0 aliphatic heterocycles.